The fraction of sp³-hybridized carbons (Fsp3) is 0.818. The standard InChI is InChI=1S/C11H18N2O3/c1-13-6-8(4-5-9(13)14)12-10(11(15)16)7-2-3-7/h7-8,10,12H,2-6H2,1H3,(H,15,16). The number of hydrogen-bond donors (Lipinski definition) is 2. The highest BCUT2D eigenvalue weighted by atomic mass is 16.4. The minimum absolute atomic E-state index is 0.129. The van der Waals surface area contributed by atoms with Crippen molar-refractivity contribution >= 4 is 11.9 Å². The van der Waals surface area contributed by atoms with Crippen LogP contribution < -0.4 is 5.32 Å². The summed E-state index contributed by atoms with van der Waals surface area (Å²) < 4.78 is 0. The molecular weight excluding hydrogens is 208 g/mol. The van der Waals surface area contributed by atoms with Crippen LogP contribution in [0.5, 0.6) is 0 Å². The van der Waals surface area contributed by atoms with Gasteiger partial charge in [0.05, 0.1) is 0 Å². The lowest BCUT2D eigenvalue weighted by atomic mass is 10.0. The van der Waals surface area contributed by atoms with Crippen LogP contribution in [0.1, 0.15) is 25.7 Å². The Morgan fingerprint density at radius 3 is 2.69 bits per heavy atom. The summed E-state index contributed by atoms with van der Waals surface area (Å²) in [7, 11) is 1.77. The Hall–Kier alpha value is -1.10. The zero-order chi connectivity index (χ0) is 11.7. The topological polar surface area (TPSA) is 69.6 Å². The number of rotatable bonds is 4. The van der Waals surface area contributed by atoms with Crippen molar-refractivity contribution in [3.63, 3.8) is 0 Å². The van der Waals surface area contributed by atoms with Crippen LogP contribution in [0, 0.1) is 5.92 Å². The number of amides is 1. The van der Waals surface area contributed by atoms with Crippen LogP contribution in [0.3, 0.4) is 0 Å². The number of nitrogens with zero attached hydrogens (tertiary/aromatic N) is 1. The number of aliphatic carboxylic acids is 1. The smallest absolute Gasteiger partial charge is 0.320 e. The number of likely N-dealkylation sites (N-methyl/N-ethyl adjacent to an activating group) is 1. The van der Waals surface area contributed by atoms with Crippen LogP contribution >= 0.6 is 0 Å². The zero-order valence-corrected chi connectivity index (χ0v) is 9.48. The predicted octanol–water partition coefficient (Wildman–Crippen LogP) is 0.0600. The van der Waals surface area contributed by atoms with E-state index in [0.29, 0.717) is 18.9 Å². The van der Waals surface area contributed by atoms with E-state index < -0.39 is 12.0 Å². The monoisotopic (exact) mass is 226 g/mol. The second-order valence-corrected chi connectivity index (χ2v) is 4.83. The zero-order valence-electron chi connectivity index (χ0n) is 9.48. The maximum absolute atomic E-state index is 11.3. The first kappa shape index (κ1) is 11.4. The molecule has 2 N–H and O–H groups in total. The first-order valence-corrected chi connectivity index (χ1v) is 5.80. The van der Waals surface area contributed by atoms with Gasteiger partial charge in [0.1, 0.15) is 6.04 Å². The minimum Gasteiger partial charge on any atom is -0.480 e. The fourth-order valence-electron chi connectivity index (χ4n) is 2.24. The van der Waals surface area contributed by atoms with Crippen molar-refractivity contribution < 1.29 is 14.7 Å². The molecule has 1 saturated carbocycles. The average molecular weight is 226 g/mol. The van der Waals surface area contributed by atoms with E-state index in [2.05, 4.69) is 5.32 Å². The number of carbonyl (C=O) groups excluding carboxylic acids is 1. The SMILES string of the molecule is CN1CC(NC(C(=O)O)C2CC2)CCC1=O. The molecule has 5 nitrogen and oxygen atoms in total. The molecule has 1 heterocycles. The van der Waals surface area contributed by atoms with Crippen molar-refractivity contribution in [2.75, 3.05) is 13.6 Å². The summed E-state index contributed by atoms with van der Waals surface area (Å²) in [6, 6.07) is -0.295. The molecule has 0 aromatic rings. The maximum Gasteiger partial charge on any atom is 0.320 e. The minimum atomic E-state index is -0.762. The second-order valence-electron chi connectivity index (χ2n) is 4.83. The Labute approximate surface area is 94.8 Å². The highest BCUT2D eigenvalue weighted by Gasteiger charge is 2.38. The highest BCUT2D eigenvalue weighted by molar-refractivity contribution is 5.77. The Balaban J connectivity index is 1.88. The normalized spacial score (nSPS) is 27.9. The molecule has 1 saturated heterocycles. The molecule has 0 aromatic heterocycles. The van der Waals surface area contributed by atoms with Crippen molar-refractivity contribution in [3.05, 3.63) is 0 Å². The third-order valence-corrected chi connectivity index (χ3v) is 3.40. The molecule has 1 aliphatic carbocycles. The number of nitrogens with one attached hydrogen (secondary N) is 1. The number of piperidine rings is 1. The van der Waals surface area contributed by atoms with Gasteiger partial charge in [-0.15, -0.1) is 0 Å². The van der Waals surface area contributed by atoms with Crippen LogP contribution in [0.4, 0.5) is 0 Å². The Morgan fingerprint density at radius 1 is 1.50 bits per heavy atom. The second kappa shape index (κ2) is 4.41. The summed E-state index contributed by atoms with van der Waals surface area (Å²) >= 11 is 0. The van der Waals surface area contributed by atoms with Crippen LogP contribution in [0.15, 0.2) is 0 Å². The van der Waals surface area contributed by atoms with E-state index in [4.69, 9.17) is 5.11 Å². The van der Waals surface area contributed by atoms with Gasteiger partial charge in [-0.1, -0.05) is 0 Å². The molecule has 0 spiro atoms. The first-order valence-electron chi connectivity index (χ1n) is 5.80. The van der Waals surface area contributed by atoms with Crippen molar-refractivity contribution in [2.24, 2.45) is 5.92 Å². The van der Waals surface area contributed by atoms with E-state index in [9.17, 15) is 9.59 Å². The van der Waals surface area contributed by atoms with E-state index in [-0.39, 0.29) is 11.9 Å². The third-order valence-electron chi connectivity index (χ3n) is 3.40. The predicted molar refractivity (Wildman–Crippen MR) is 57.9 cm³/mol. The third kappa shape index (κ3) is 2.52. The van der Waals surface area contributed by atoms with E-state index in [0.717, 1.165) is 19.3 Å². The number of carbonyl (C=O) groups is 2. The quantitative estimate of drug-likeness (QED) is 0.711. The number of likely N-dealkylation sites (tertiary alicyclic amines) is 1. The van der Waals surface area contributed by atoms with Gasteiger partial charge in [-0.3, -0.25) is 14.9 Å². The van der Waals surface area contributed by atoms with Gasteiger partial charge in [0, 0.05) is 26.1 Å². The molecule has 2 unspecified atom stereocenters. The lowest BCUT2D eigenvalue weighted by molar-refractivity contribution is -0.140. The van der Waals surface area contributed by atoms with Crippen molar-refractivity contribution in [1.82, 2.24) is 10.2 Å². The average Bonchev–Trinajstić information content (AvgIpc) is 3.03. The molecule has 5 heteroatoms. The fourth-order valence-corrected chi connectivity index (χ4v) is 2.24. The largest absolute Gasteiger partial charge is 0.480 e. The molecule has 90 valence electrons. The van der Waals surface area contributed by atoms with Crippen LogP contribution in [0.2, 0.25) is 0 Å². The van der Waals surface area contributed by atoms with Crippen molar-refractivity contribution in [3.8, 4) is 0 Å². The molecule has 16 heavy (non-hydrogen) atoms. The number of hydrogen-bond acceptors (Lipinski definition) is 3. The van der Waals surface area contributed by atoms with Gasteiger partial charge in [0.2, 0.25) is 5.91 Å². The maximum atomic E-state index is 11.3. The molecule has 2 fully saturated rings. The lowest BCUT2D eigenvalue weighted by Gasteiger charge is -2.32. The van der Waals surface area contributed by atoms with E-state index >= 15 is 0 Å². The number of carboxylic acids is 1. The summed E-state index contributed by atoms with van der Waals surface area (Å²) in [6.45, 7) is 0.620. The van der Waals surface area contributed by atoms with Crippen molar-refractivity contribution in [2.45, 2.75) is 37.8 Å². The lowest BCUT2D eigenvalue weighted by Crippen LogP contribution is -2.52. The Morgan fingerprint density at radius 2 is 2.19 bits per heavy atom. The molecule has 1 aliphatic heterocycles. The highest BCUT2D eigenvalue weighted by Crippen LogP contribution is 2.33. The molecule has 0 radical (unpaired) electrons. The van der Waals surface area contributed by atoms with Gasteiger partial charge < -0.3 is 10.0 Å². The Kier molecular flexibility index (Phi) is 3.14. The summed E-state index contributed by atoms with van der Waals surface area (Å²) in [5, 5.41) is 12.3. The van der Waals surface area contributed by atoms with Crippen LogP contribution in [0.25, 0.3) is 0 Å². The molecular formula is C11H18N2O3. The summed E-state index contributed by atoms with van der Waals surface area (Å²) in [5.41, 5.74) is 0. The van der Waals surface area contributed by atoms with Gasteiger partial charge in [-0.2, -0.15) is 0 Å². The van der Waals surface area contributed by atoms with Crippen molar-refractivity contribution in [1.29, 1.82) is 0 Å². The Bertz CT molecular complexity index is 302. The summed E-state index contributed by atoms with van der Waals surface area (Å²) in [4.78, 5) is 24.0. The molecule has 0 bridgehead atoms. The molecule has 1 amide bonds. The van der Waals surface area contributed by atoms with Crippen LogP contribution in [-0.2, 0) is 9.59 Å². The molecule has 2 aliphatic rings. The van der Waals surface area contributed by atoms with E-state index in [1.807, 2.05) is 0 Å². The van der Waals surface area contributed by atoms with E-state index in [1.165, 1.54) is 0 Å². The number of carboxylic acid groups (broad SMARTS) is 1. The van der Waals surface area contributed by atoms with Gasteiger partial charge in [0.15, 0.2) is 0 Å². The van der Waals surface area contributed by atoms with Gasteiger partial charge in [-0.25, -0.2) is 0 Å². The molecule has 2 rings (SSSR count). The molecule has 2 atom stereocenters. The first-order chi connectivity index (χ1) is 7.58. The van der Waals surface area contributed by atoms with E-state index in [1.54, 1.807) is 11.9 Å². The summed E-state index contributed by atoms with van der Waals surface area (Å²) in [6.07, 6.45) is 3.28. The van der Waals surface area contributed by atoms with Crippen LogP contribution in [-0.4, -0.2) is 47.6 Å². The summed E-state index contributed by atoms with van der Waals surface area (Å²) in [5.74, 6) is -0.321. The van der Waals surface area contributed by atoms with Gasteiger partial charge in [-0.05, 0) is 25.2 Å². The van der Waals surface area contributed by atoms with Gasteiger partial charge >= 0.3 is 5.97 Å². The molecule has 0 aromatic carbocycles. The van der Waals surface area contributed by atoms with Gasteiger partial charge in [0.25, 0.3) is 0 Å².